The molecule has 1 amide bonds. The SMILES string of the molecule is COc1cccc(Cc2nc(Oc3ccc4c(c3)CCN(Cc3cccc(OC)c3)C4)ccc2C(N)=O)c1. The van der Waals surface area contributed by atoms with Crippen molar-refractivity contribution in [3.8, 4) is 23.1 Å². The summed E-state index contributed by atoms with van der Waals surface area (Å²) in [6.45, 7) is 2.72. The van der Waals surface area contributed by atoms with Gasteiger partial charge in [-0.15, -0.1) is 0 Å². The lowest BCUT2D eigenvalue weighted by Gasteiger charge is -2.29. The van der Waals surface area contributed by atoms with Crippen molar-refractivity contribution in [1.82, 2.24) is 9.88 Å². The third-order valence-electron chi connectivity index (χ3n) is 6.75. The van der Waals surface area contributed by atoms with Gasteiger partial charge in [0.25, 0.3) is 5.91 Å². The minimum atomic E-state index is -0.519. The highest BCUT2D eigenvalue weighted by Crippen LogP contribution is 2.29. The molecule has 0 fully saturated rings. The van der Waals surface area contributed by atoms with Gasteiger partial charge < -0.3 is 19.9 Å². The third kappa shape index (κ3) is 5.95. The second-order valence-corrected chi connectivity index (χ2v) is 9.38. The fraction of sp³-hybridized carbons (Fsp3) is 0.226. The summed E-state index contributed by atoms with van der Waals surface area (Å²) in [6.07, 6.45) is 1.37. The zero-order valence-corrected chi connectivity index (χ0v) is 21.6. The van der Waals surface area contributed by atoms with Gasteiger partial charge in [-0.25, -0.2) is 4.98 Å². The number of carbonyl (C=O) groups is 1. The quantitative estimate of drug-likeness (QED) is 0.336. The van der Waals surface area contributed by atoms with Gasteiger partial charge in [0.15, 0.2) is 0 Å². The van der Waals surface area contributed by atoms with Gasteiger partial charge in [0, 0.05) is 32.1 Å². The number of carbonyl (C=O) groups excluding carboxylic acids is 1. The zero-order valence-electron chi connectivity index (χ0n) is 21.6. The molecular weight excluding hydrogens is 478 g/mol. The summed E-state index contributed by atoms with van der Waals surface area (Å²) >= 11 is 0. The van der Waals surface area contributed by atoms with E-state index in [2.05, 4.69) is 34.1 Å². The van der Waals surface area contributed by atoms with Crippen molar-refractivity contribution in [2.75, 3.05) is 20.8 Å². The summed E-state index contributed by atoms with van der Waals surface area (Å²) in [6, 6.07) is 25.4. The maximum atomic E-state index is 12.0. The number of primary amides is 1. The van der Waals surface area contributed by atoms with Crippen LogP contribution in [0.1, 0.15) is 38.3 Å². The number of amides is 1. The molecule has 1 aliphatic rings. The number of fused-ring (bicyclic) bond motifs is 1. The van der Waals surface area contributed by atoms with Crippen molar-refractivity contribution in [3.63, 3.8) is 0 Å². The lowest BCUT2D eigenvalue weighted by atomic mass is 9.99. The molecule has 0 atom stereocenters. The Morgan fingerprint density at radius 1 is 0.868 bits per heavy atom. The first kappa shape index (κ1) is 25.3. The number of hydrogen-bond donors (Lipinski definition) is 1. The Morgan fingerprint density at radius 2 is 1.61 bits per heavy atom. The number of methoxy groups -OCH3 is 2. The first-order valence-corrected chi connectivity index (χ1v) is 12.6. The van der Waals surface area contributed by atoms with Crippen LogP contribution in [-0.2, 0) is 25.9 Å². The van der Waals surface area contributed by atoms with Crippen LogP contribution in [0.25, 0.3) is 0 Å². The largest absolute Gasteiger partial charge is 0.497 e. The van der Waals surface area contributed by atoms with E-state index in [1.54, 1.807) is 26.4 Å². The average molecular weight is 510 g/mol. The highest BCUT2D eigenvalue weighted by molar-refractivity contribution is 5.94. The molecule has 38 heavy (non-hydrogen) atoms. The van der Waals surface area contributed by atoms with E-state index in [9.17, 15) is 4.79 Å². The molecular formula is C31H31N3O4. The average Bonchev–Trinajstić information content (AvgIpc) is 2.93. The molecule has 0 bridgehead atoms. The molecule has 2 N–H and O–H groups in total. The van der Waals surface area contributed by atoms with Gasteiger partial charge in [-0.1, -0.05) is 30.3 Å². The predicted molar refractivity (Wildman–Crippen MR) is 146 cm³/mol. The maximum absolute atomic E-state index is 12.0. The lowest BCUT2D eigenvalue weighted by molar-refractivity contribution is 0.0999. The summed E-state index contributed by atoms with van der Waals surface area (Å²) in [7, 11) is 3.32. The topological polar surface area (TPSA) is 86.9 Å². The number of benzene rings is 3. The molecule has 2 heterocycles. The van der Waals surface area contributed by atoms with E-state index in [4.69, 9.17) is 19.9 Å². The summed E-state index contributed by atoms with van der Waals surface area (Å²) < 4.78 is 16.8. The van der Waals surface area contributed by atoms with Gasteiger partial charge in [0.1, 0.15) is 17.2 Å². The highest BCUT2D eigenvalue weighted by atomic mass is 16.5. The third-order valence-corrected chi connectivity index (χ3v) is 6.75. The Labute approximate surface area is 222 Å². The van der Waals surface area contributed by atoms with E-state index < -0.39 is 5.91 Å². The molecule has 0 saturated carbocycles. The second kappa shape index (κ2) is 11.4. The predicted octanol–water partition coefficient (Wildman–Crippen LogP) is 5.14. The van der Waals surface area contributed by atoms with Gasteiger partial charge in [-0.05, 0) is 71.1 Å². The van der Waals surface area contributed by atoms with E-state index in [1.807, 2.05) is 42.5 Å². The first-order chi connectivity index (χ1) is 18.5. The van der Waals surface area contributed by atoms with Crippen LogP contribution in [0, 0.1) is 0 Å². The van der Waals surface area contributed by atoms with Crippen LogP contribution < -0.4 is 19.9 Å². The minimum absolute atomic E-state index is 0.377. The Kier molecular flexibility index (Phi) is 7.56. The van der Waals surface area contributed by atoms with Gasteiger partial charge in [-0.3, -0.25) is 9.69 Å². The van der Waals surface area contributed by atoms with Crippen molar-refractivity contribution < 1.29 is 19.0 Å². The van der Waals surface area contributed by atoms with E-state index in [0.29, 0.717) is 23.6 Å². The molecule has 1 aromatic heterocycles. The highest BCUT2D eigenvalue weighted by Gasteiger charge is 2.18. The van der Waals surface area contributed by atoms with Crippen LogP contribution in [-0.4, -0.2) is 36.6 Å². The molecule has 5 rings (SSSR count). The van der Waals surface area contributed by atoms with Gasteiger partial charge >= 0.3 is 0 Å². The molecule has 4 aromatic rings. The van der Waals surface area contributed by atoms with E-state index >= 15 is 0 Å². The summed E-state index contributed by atoms with van der Waals surface area (Å²) in [5.41, 5.74) is 11.3. The van der Waals surface area contributed by atoms with Crippen LogP contribution in [0.5, 0.6) is 23.1 Å². The van der Waals surface area contributed by atoms with Gasteiger partial charge in [-0.2, -0.15) is 0 Å². The van der Waals surface area contributed by atoms with E-state index in [0.717, 1.165) is 48.9 Å². The van der Waals surface area contributed by atoms with Crippen molar-refractivity contribution in [2.24, 2.45) is 5.73 Å². The molecule has 0 saturated heterocycles. The summed E-state index contributed by atoms with van der Waals surface area (Å²) in [5, 5.41) is 0. The Bertz CT molecular complexity index is 1450. The van der Waals surface area contributed by atoms with Crippen molar-refractivity contribution in [2.45, 2.75) is 25.9 Å². The molecule has 0 radical (unpaired) electrons. The van der Waals surface area contributed by atoms with Crippen LogP contribution in [0.3, 0.4) is 0 Å². The van der Waals surface area contributed by atoms with Crippen LogP contribution >= 0.6 is 0 Å². The monoisotopic (exact) mass is 509 g/mol. The first-order valence-electron chi connectivity index (χ1n) is 12.6. The molecule has 0 spiro atoms. The molecule has 1 aliphatic heterocycles. The Balaban J connectivity index is 1.30. The molecule has 194 valence electrons. The molecule has 0 unspecified atom stereocenters. The number of pyridine rings is 1. The van der Waals surface area contributed by atoms with E-state index in [-0.39, 0.29) is 0 Å². The number of nitrogens with two attached hydrogens (primary N) is 1. The summed E-state index contributed by atoms with van der Waals surface area (Å²) in [4.78, 5) is 19.1. The Hall–Kier alpha value is -4.36. The number of rotatable bonds is 9. The number of hydrogen-bond acceptors (Lipinski definition) is 6. The maximum Gasteiger partial charge on any atom is 0.250 e. The van der Waals surface area contributed by atoms with Crippen LogP contribution in [0.15, 0.2) is 78.9 Å². The van der Waals surface area contributed by atoms with Crippen molar-refractivity contribution in [1.29, 1.82) is 0 Å². The fourth-order valence-corrected chi connectivity index (χ4v) is 4.81. The molecule has 3 aromatic carbocycles. The summed E-state index contributed by atoms with van der Waals surface area (Å²) in [5.74, 6) is 2.24. The zero-order chi connectivity index (χ0) is 26.5. The molecule has 0 aliphatic carbocycles. The fourth-order valence-electron chi connectivity index (χ4n) is 4.81. The Morgan fingerprint density at radius 3 is 2.34 bits per heavy atom. The lowest BCUT2D eigenvalue weighted by Crippen LogP contribution is -2.30. The molecule has 7 nitrogen and oxygen atoms in total. The number of aromatic nitrogens is 1. The minimum Gasteiger partial charge on any atom is -0.497 e. The van der Waals surface area contributed by atoms with Crippen LogP contribution in [0.2, 0.25) is 0 Å². The smallest absolute Gasteiger partial charge is 0.250 e. The van der Waals surface area contributed by atoms with Gasteiger partial charge in [0.05, 0.1) is 25.5 Å². The van der Waals surface area contributed by atoms with Crippen LogP contribution in [0.4, 0.5) is 0 Å². The molecule has 7 heteroatoms. The van der Waals surface area contributed by atoms with Crippen molar-refractivity contribution >= 4 is 5.91 Å². The number of nitrogens with zero attached hydrogens (tertiary/aromatic N) is 2. The van der Waals surface area contributed by atoms with Gasteiger partial charge in [0.2, 0.25) is 5.88 Å². The second-order valence-electron chi connectivity index (χ2n) is 9.38. The van der Waals surface area contributed by atoms with E-state index in [1.165, 1.54) is 16.7 Å². The standard InChI is InChI=1S/C31H31N3O4/c1-36-25-7-3-5-21(15-25)17-29-28(31(32)35)11-12-30(33-29)38-27-10-9-24-20-34(14-13-23(24)18-27)19-22-6-4-8-26(16-22)37-2/h3-12,15-16,18H,13-14,17,19-20H2,1-2H3,(H2,32,35). The number of ether oxygens (including phenoxy) is 3. The normalized spacial score (nSPS) is 13.0. The van der Waals surface area contributed by atoms with Crippen molar-refractivity contribution in [3.05, 3.63) is 112 Å².